The van der Waals surface area contributed by atoms with Gasteiger partial charge in [0.1, 0.15) is 0 Å². The molecular formula is C18H17N3OS. The van der Waals surface area contributed by atoms with E-state index in [1.165, 1.54) is 17.3 Å². The van der Waals surface area contributed by atoms with Crippen molar-refractivity contribution >= 4 is 34.4 Å². The normalized spacial score (nSPS) is 13.5. The second-order valence-corrected chi connectivity index (χ2v) is 6.60. The number of nitrogens with zero attached hydrogens (tertiary/aromatic N) is 3. The summed E-state index contributed by atoms with van der Waals surface area (Å²) in [5.41, 5.74) is 4.38. The third kappa shape index (κ3) is 2.51. The number of rotatable bonds is 3. The number of hydrogen-bond acceptors (Lipinski definition) is 3. The Morgan fingerprint density at radius 2 is 1.96 bits per heavy atom. The van der Waals surface area contributed by atoms with Crippen LogP contribution >= 0.6 is 11.8 Å². The Balaban J connectivity index is 1.51. The van der Waals surface area contributed by atoms with Crippen molar-refractivity contribution in [3.8, 4) is 0 Å². The molecule has 0 bridgehead atoms. The molecule has 0 aliphatic carbocycles. The molecule has 1 amide bonds. The molecule has 3 aromatic rings. The van der Waals surface area contributed by atoms with Gasteiger partial charge in [-0.1, -0.05) is 42.1 Å². The number of amides is 1. The molecule has 5 heteroatoms. The Bertz CT molecular complexity index is 887. The van der Waals surface area contributed by atoms with E-state index in [0.717, 1.165) is 34.8 Å². The summed E-state index contributed by atoms with van der Waals surface area (Å²) in [4.78, 5) is 19.1. The number of carbonyl (C=O) groups excluding carboxylic acids is 1. The first-order chi connectivity index (χ1) is 11.2. The fourth-order valence-corrected chi connectivity index (χ4v) is 3.92. The van der Waals surface area contributed by atoms with Crippen LogP contribution in [0.5, 0.6) is 0 Å². The molecule has 2 aromatic carbocycles. The highest BCUT2D eigenvalue weighted by atomic mass is 32.2. The number of aromatic nitrogens is 2. The molecule has 0 saturated heterocycles. The van der Waals surface area contributed by atoms with Gasteiger partial charge in [-0.15, -0.1) is 0 Å². The van der Waals surface area contributed by atoms with Crippen molar-refractivity contribution in [2.45, 2.75) is 11.6 Å². The molecule has 23 heavy (non-hydrogen) atoms. The summed E-state index contributed by atoms with van der Waals surface area (Å²) in [6.45, 7) is 0.779. The lowest BCUT2D eigenvalue weighted by Crippen LogP contribution is -2.30. The van der Waals surface area contributed by atoms with Gasteiger partial charge in [-0.25, -0.2) is 4.98 Å². The average Bonchev–Trinajstić information content (AvgIpc) is 3.15. The maximum atomic E-state index is 12.6. The number of hydrogen-bond donors (Lipinski definition) is 0. The van der Waals surface area contributed by atoms with Gasteiger partial charge in [0.25, 0.3) is 0 Å². The third-order valence-corrected chi connectivity index (χ3v) is 5.27. The van der Waals surface area contributed by atoms with Crippen LogP contribution in [-0.2, 0) is 18.3 Å². The van der Waals surface area contributed by atoms with E-state index in [2.05, 4.69) is 11.1 Å². The largest absolute Gasteiger partial charge is 0.322 e. The number of imidazole rings is 1. The molecule has 1 aromatic heterocycles. The van der Waals surface area contributed by atoms with Crippen LogP contribution in [0.2, 0.25) is 0 Å². The number of carbonyl (C=O) groups is 1. The van der Waals surface area contributed by atoms with E-state index in [4.69, 9.17) is 0 Å². The molecule has 0 radical (unpaired) electrons. The SMILES string of the molecule is Cn1c(SCC(=O)N2CCc3ccccc32)nc2ccccc21. The van der Waals surface area contributed by atoms with Gasteiger partial charge in [0, 0.05) is 19.3 Å². The van der Waals surface area contributed by atoms with Crippen molar-refractivity contribution in [3.05, 3.63) is 54.1 Å². The molecule has 0 spiro atoms. The average molecular weight is 323 g/mol. The van der Waals surface area contributed by atoms with Gasteiger partial charge in [-0.3, -0.25) is 4.79 Å². The fraction of sp³-hybridized carbons (Fsp3) is 0.222. The van der Waals surface area contributed by atoms with E-state index in [9.17, 15) is 4.79 Å². The lowest BCUT2D eigenvalue weighted by Gasteiger charge is -2.16. The molecule has 0 unspecified atom stereocenters. The first-order valence-corrected chi connectivity index (χ1v) is 8.65. The van der Waals surface area contributed by atoms with Crippen LogP contribution in [0.3, 0.4) is 0 Å². The monoisotopic (exact) mass is 323 g/mol. The summed E-state index contributed by atoms with van der Waals surface area (Å²) < 4.78 is 2.05. The standard InChI is InChI=1S/C18H17N3OS/c1-20-16-9-5-3-7-14(16)19-18(20)23-12-17(22)21-11-10-13-6-2-4-8-15(13)21/h2-9H,10-12H2,1H3. The quantitative estimate of drug-likeness (QED) is 0.695. The molecule has 2 heterocycles. The van der Waals surface area contributed by atoms with Gasteiger partial charge >= 0.3 is 0 Å². The van der Waals surface area contributed by atoms with E-state index in [1.807, 2.05) is 59.0 Å². The number of aryl methyl sites for hydroxylation is 1. The third-order valence-electron chi connectivity index (χ3n) is 4.26. The second kappa shape index (κ2) is 5.74. The van der Waals surface area contributed by atoms with Crippen molar-refractivity contribution in [1.82, 2.24) is 9.55 Å². The van der Waals surface area contributed by atoms with Crippen molar-refractivity contribution in [2.75, 3.05) is 17.2 Å². The molecular weight excluding hydrogens is 306 g/mol. The minimum atomic E-state index is 0.145. The van der Waals surface area contributed by atoms with Crippen LogP contribution in [-0.4, -0.2) is 27.8 Å². The Labute approximate surface area is 139 Å². The van der Waals surface area contributed by atoms with E-state index < -0.39 is 0 Å². The van der Waals surface area contributed by atoms with Gasteiger partial charge in [0.05, 0.1) is 16.8 Å². The van der Waals surface area contributed by atoms with E-state index in [-0.39, 0.29) is 5.91 Å². The maximum Gasteiger partial charge on any atom is 0.237 e. The van der Waals surface area contributed by atoms with Crippen molar-refractivity contribution < 1.29 is 4.79 Å². The van der Waals surface area contributed by atoms with Crippen LogP contribution in [0, 0.1) is 0 Å². The Hall–Kier alpha value is -2.27. The first kappa shape index (κ1) is 14.3. The molecule has 0 N–H and O–H groups in total. The number of fused-ring (bicyclic) bond motifs is 2. The van der Waals surface area contributed by atoms with Gasteiger partial charge in [-0.2, -0.15) is 0 Å². The molecule has 1 aliphatic rings. The maximum absolute atomic E-state index is 12.6. The Morgan fingerprint density at radius 1 is 1.17 bits per heavy atom. The van der Waals surface area contributed by atoms with Crippen LogP contribution < -0.4 is 4.90 Å². The number of para-hydroxylation sites is 3. The second-order valence-electron chi connectivity index (χ2n) is 5.65. The molecule has 0 saturated carbocycles. The molecule has 116 valence electrons. The molecule has 4 nitrogen and oxygen atoms in total. The van der Waals surface area contributed by atoms with Crippen LogP contribution in [0.15, 0.2) is 53.7 Å². The minimum absolute atomic E-state index is 0.145. The summed E-state index contributed by atoms with van der Waals surface area (Å²) in [6.07, 6.45) is 0.943. The smallest absolute Gasteiger partial charge is 0.237 e. The molecule has 0 atom stereocenters. The summed E-state index contributed by atoms with van der Waals surface area (Å²) in [5.74, 6) is 0.554. The van der Waals surface area contributed by atoms with Crippen molar-refractivity contribution in [2.24, 2.45) is 7.05 Å². The van der Waals surface area contributed by atoms with E-state index in [1.54, 1.807) is 0 Å². The van der Waals surface area contributed by atoms with Crippen LogP contribution in [0.25, 0.3) is 11.0 Å². The van der Waals surface area contributed by atoms with Crippen molar-refractivity contribution in [1.29, 1.82) is 0 Å². The predicted octanol–water partition coefficient (Wildman–Crippen LogP) is 3.25. The van der Waals surface area contributed by atoms with E-state index >= 15 is 0 Å². The first-order valence-electron chi connectivity index (χ1n) is 7.66. The molecule has 4 rings (SSSR count). The zero-order valence-corrected chi connectivity index (χ0v) is 13.7. The summed E-state index contributed by atoms with van der Waals surface area (Å²) in [7, 11) is 1.99. The molecule has 1 aliphatic heterocycles. The highest BCUT2D eigenvalue weighted by Crippen LogP contribution is 2.29. The van der Waals surface area contributed by atoms with Gasteiger partial charge in [0.15, 0.2) is 5.16 Å². The van der Waals surface area contributed by atoms with Crippen molar-refractivity contribution in [3.63, 3.8) is 0 Å². The van der Waals surface area contributed by atoms with E-state index in [0.29, 0.717) is 5.75 Å². The molecule has 0 fully saturated rings. The lowest BCUT2D eigenvalue weighted by molar-refractivity contribution is -0.116. The fourth-order valence-electron chi connectivity index (χ4n) is 3.05. The zero-order valence-electron chi connectivity index (χ0n) is 12.9. The van der Waals surface area contributed by atoms with Gasteiger partial charge < -0.3 is 9.47 Å². The van der Waals surface area contributed by atoms with Gasteiger partial charge in [0.2, 0.25) is 5.91 Å². The number of anilines is 1. The van der Waals surface area contributed by atoms with Crippen LogP contribution in [0.1, 0.15) is 5.56 Å². The number of benzene rings is 2. The Morgan fingerprint density at radius 3 is 2.83 bits per heavy atom. The topological polar surface area (TPSA) is 38.1 Å². The lowest BCUT2D eigenvalue weighted by atomic mass is 10.2. The Kier molecular flexibility index (Phi) is 3.58. The zero-order chi connectivity index (χ0) is 15.8. The highest BCUT2D eigenvalue weighted by Gasteiger charge is 2.24. The predicted molar refractivity (Wildman–Crippen MR) is 93.9 cm³/mol. The summed E-state index contributed by atoms with van der Waals surface area (Å²) >= 11 is 1.50. The minimum Gasteiger partial charge on any atom is -0.322 e. The number of thioether (sulfide) groups is 1. The summed E-state index contributed by atoms with van der Waals surface area (Å²) in [5, 5.41) is 0.882. The highest BCUT2D eigenvalue weighted by molar-refractivity contribution is 7.99. The summed E-state index contributed by atoms with van der Waals surface area (Å²) in [6, 6.07) is 16.2. The van der Waals surface area contributed by atoms with Gasteiger partial charge in [-0.05, 0) is 30.2 Å². The van der Waals surface area contributed by atoms with Crippen LogP contribution in [0.4, 0.5) is 5.69 Å².